The fraction of sp³-hybridized carbons (Fsp3) is 0.227. The predicted molar refractivity (Wildman–Crippen MR) is 108 cm³/mol. The Morgan fingerprint density at radius 3 is 2.61 bits per heavy atom. The first-order chi connectivity index (χ1) is 13.6. The van der Waals surface area contributed by atoms with Crippen molar-refractivity contribution in [2.45, 2.75) is 26.7 Å². The quantitative estimate of drug-likeness (QED) is 0.494. The molecule has 0 radical (unpaired) electrons. The number of aromatic nitrogens is 4. The van der Waals surface area contributed by atoms with Crippen LogP contribution in [-0.4, -0.2) is 25.7 Å². The van der Waals surface area contributed by atoms with Gasteiger partial charge in [-0.15, -0.1) is 0 Å². The van der Waals surface area contributed by atoms with Gasteiger partial charge < -0.3 is 9.72 Å². The summed E-state index contributed by atoms with van der Waals surface area (Å²) in [6, 6.07) is 19.3. The Labute approximate surface area is 163 Å². The van der Waals surface area contributed by atoms with Crippen LogP contribution < -0.4 is 4.74 Å². The summed E-state index contributed by atoms with van der Waals surface area (Å²) in [5.74, 6) is 1.03. The molecule has 0 bridgehead atoms. The molecule has 2 aromatic carbocycles. The van der Waals surface area contributed by atoms with Crippen LogP contribution in [0.5, 0.6) is 5.88 Å². The molecule has 0 saturated heterocycles. The number of nitrogens with one attached hydrogen (secondary N) is 1. The zero-order valence-corrected chi connectivity index (χ0v) is 15.9. The van der Waals surface area contributed by atoms with Gasteiger partial charge in [0.15, 0.2) is 0 Å². The van der Waals surface area contributed by atoms with Crippen LogP contribution in [0.1, 0.15) is 26.7 Å². The summed E-state index contributed by atoms with van der Waals surface area (Å²) in [4.78, 5) is 20.1. The van der Waals surface area contributed by atoms with Crippen molar-refractivity contribution in [3.63, 3.8) is 0 Å². The maximum Gasteiger partial charge on any atom is 0.312 e. The van der Waals surface area contributed by atoms with Crippen LogP contribution in [0.15, 0.2) is 60.7 Å². The predicted octanol–water partition coefficient (Wildman–Crippen LogP) is 4.76. The average molecular weight is 374 g/mol. The lowest BCUT2D eigenvalue weighted by Crippen LogP contribution is -2.12. The number of para-hydroxylation sites is 2. The second-order valence-corrected chi connectivity index (χ2v) is 7.13. The average Bonchev–Trinajstić information content (AvgIpc) is 3.31. The van der Waals surface area contributed by atoms with E-state index >= 15 is 0 Å². The Morgan fingerprint density at radius 1 is 1.11 bits per heavy atom. The minimum atomic E-state index is -0.273. The van der Waals surface area contributed by atoms with Gasteiger partial charge in [0.1, 0.15) is 0 Å². The van der Waals surface area contributed by atoms with Crippen molar-refractivity contribution in [2.75, 3.05) is 0 Å². The molecule has 28 heavy (non-hydrogen) atoms. The number of ether oxygens (including phenoxy) is 1. The van der Waals surface area contributed by atoms with Crippen LogP contribution in [-0.2, 0) is 4.79 Å². The molecule has 2 heterocycles. The van der Waals surface area contributed by atoms with E-state index in [2.05, 4.69) is 28.9 Å². The highest BCUT2D eigenvalue weighted by Gasteiger charge is 2.18. The number of aromatic amines is 1. The molecule has 0 unspecified atom stereocenters. The SMILES string of the molecule is CC(C)CCC(=O)Oc1cc(-c2ccccc2)nn1-c1nc2ccccc2[nH]1. The highest BCUT2D eigenvalue weighted by molar-refractivity contribution is 5.76. The van der Waals surface area contributed by atoms with Crippen LogP contribution in [0, 0.1) is 5.92 Å². The molecule has 0 aliphatic rings. The Hall–Kier alpha value is -3.41. The number of carbonyl (C=O) groups is 1. The van der Waals surface area contributed by atoms with Crippen molar-refractivity contribution in [3.05, 3.63) is 60.7 Å². The van der Waals surface area contributed by atoms with Gasteiger partial charge in [0.2, 0.25) is 11.8 Å². The lowest BCUT2D eigenvalue weighted by molar-refractivity contribution is -0.135. The van der Waals surface area contributed by atoms with Crippen molar-refractivity contribution in [3.8, 4) is 23.1 Å². The van der Waals surface area contributed by atoms with Crippen molar-refractivity contribution in [2.24, 2.45) is 5.92 Å². The first-order valence-electron chi connectivity index (χ1n) is 9.41. The fourth-order valence-corrected chi connectivity index (χ4v) is 2.95. The van der Waals surface area contributed by atoms with Gasteiger partial charge in [-0.3, -0.25) is 4.79 Å². The molecule has 142 valence electrons. The molecule has 4 rings (SSSR count). The third-order valence-electron chi connectivity index (χ3n) is 4.47. The minimum absolute atomic E-state index is 0.273. The van der Waals surface area contributed by atoms with E-state index in [4.69, 9.17) is 4.74 Å². The minimum Gasteiger partial charge on any atom is -0.407 e. The molecule has 0 saturated carbocycles. The largest absolute Gasteiger partial charge is 0.407 e. The van der Waals surface area contributed by atoms with Gasteiger partial charge in [-0.25, -0.2) is 4.98 Å². The summed E-state index contributed by atoms with van der Waals surface area (Å²) >= 11 is 0. The molecular weight excluding hydrogens is 352 g/mol. The summed E-state index contributed by atoms with van der Waals surface area (Å²) in [5.41, 5.74) is 3.38. The van der Waals surface area contributed by atoms with E-state index in [0.29, 0.717) is 29.9 Å². The van der Waals surface area contributed by atoms with Gasteiger partial charge in [0.25, 0.3) is 0 Å². The van der Waals surface area contributed by atoms with E-state index in [9.17, 15) is 4.79 Å². The van der Waals surface area contributed by atoms with Gasteiger partial charge >= 0.3 is 5.97 Å². The third-order valence-corrected chi connectivity index (χ3v) is 4.47. The van der Waals surface area contributed by atoms with Gasteiger partial charge in [0.05, 0.1) is 16.7 Å². The van der Waals surface area contributed by atoms with Gasteiger partial charge in [-0.2, -0.15) is 9.78 Å². The van der Waals surface area contributed by atoms with E-state index in [-0.39, 0.29) is 5.97 Å². The Morgan fingerprint density at radius 2 is 1.86 bits per heavy atom. The Bertz CT molecular complexity index is 1060. The summed E-state index contributed by atoms with van der Waals surface area (Å²) in [5, 5.41) is 4.64. The number of rotatable bonds is 6. The first kappa shape index (κ1) is 18.0. The number of benzene rings is 2. The Kier molecular flexibility index (Phi) is 4.93. The monoisotopic (exact) mass is 374 g/mol. The fourth-order valence-electron chi connectivity index (χ4n) is 2.95. The van der Waals surface area contributed by atoms with Crippen molar-refractivity contribution in [1.82, 2.24) is 19.7 Å². The molecule has 6 nitrogen and oxygen atoms in total. The molecule has 0 aliphatic heterocycles. The van der Waals surface area contributed by atoms with E-state index in [1.807, 2.05) is 54.6 Å². The van der Waals surface area contributed by atoms with Crippen molar-refractivity contribution >= 4 is 17.0 Å². The third kappa shape index (κ3) is 3.81. The molecule has 1 N–H and O–H groups in total. The number of hydrogen-bond acceptors (Lipinski definition) is 4. The summed E-state index contributed by atoms with van der Waals surface area (Å²) in [7, 11) is 0. The number of esters is 1. The van der Waals surface area contributed by atoms with Gasteiger partial charge in [0, 0.05) is 18.1 Å². The number of carbonyl (C=O) groups excluding carboxylic acids is 1. The number of H-pyrrole nitrogens is 1. The summed E-state index contributed by atoms with van der Waals surface area (Å²) < 4.78 is 7.20. The van der Waals surface area contributed by atoms with Gasteiger partial charge in [-0.05, 0) is 24.5 Å². The van der Waals surface area contributed by atoms with Crippen LogP contribution in [0.2, 0.25) is 0 Å². The van der Waals surface area contributed by atoms with E-state index in [0.717, 1.165) is 23.0 Å². The van der Waals surface area contributed by atoms with Crippen molar-refractivity contribution < 1.29 is 9.53 Å². The lowest BCUT2D eigenvalue weighted by Gasteiger charge is -2.06. The highest BCUT2D eigenvalue weighted by atomic mass is 16.5. The maximum absolute atomic E-state index is 12.3. The van der Waals surface area contributed by atoms with E-state index in [1.54, 1.807) is 10.7 Å². The van der Waals surface area contributed by atoms with Crippen LogP contribution in [0.25, 0.3) is 28.2 Å². The molecular formula is C22H22N4O2. The van der Waals surface area contributed by atoms with Crippen LogP contribution in [0.4, 0.5) is 0 Å². The summed E-state index contributed by atoms with van der Waals surface area (Å²) in [6.07, 6.45) is 1.15. The zero-order chi connectivity index (χ0) is 19.5. The summed E-state index contributed by atoms with van der Waals surface area (Å²) in [6.45, 7) is 4.17. The molecule has 4 aromatic rings. The van der Waals surface area contributed by atoms with Gasteiger partial charge in [-0.1, -0.05) is 56.3 Å². The number of imidazole rings is 1. The second kappa shape index (κ2) is 7.68. The zero-order valence-electron chi connectivity index (χ0n) is 15.9. The lowest BCUT2D eigenvalue weighted by atomic mass is 10.1. The van der Waals surface area contributed by atoms with E-state index < -0.39 is 0 Å². The van der Waals surface area contributed by atoms with Crippen LogP contribution in [0.3, 0.4) is 0 Å². The molecule has 0 amide bonds. The molecule has 0 spiro atoms. The first-order valence-corrected chi connectivity index (χ1v) is 9.41. The molecule has 6 heteroatoms. The van der Waals surface area contributed by atoms with E-state index in [1.165, 1.54) is 0 Å². The number of nitrogens with zero attached hydrogens (tertiary/aromatic N) is 3. The topological polar surface area (TPSA) is 72.8 Å². The molecule has 0 aliphatic carbocycles. The van der Waals surface area contributed by atoms with Crippen molar-refractivity contribution in [1.29, 1.82) is 0 Å². The number of fused-ring (bicyclic) bond motifs is 1. The standard InChI is InChI=1S/C22H22N4O2/c1-15(2)12-13-21(27)28-20-14-19(16-8-4-3-5-9-16)25-26(20)22-23-17-10-6-7-11-18(17)24-22/h3-11,14-15H,12-13H2,1-2H3,(H,23,24). The van der Waals surface area contributed by atoms with Crippen LogP contribution >= 0.6 is 0 Å². The highest BCUT2D eigenvalue weighted by Crippen LogP contribution is 2.26. The second-order valence-electron chi connectivity index (χ2n) is 7.13. The molecule has 0 fully saturated rings. The molecule has 2 aromatic heterocycles. The molecule has 0 atom stereocenters. The number of hydrogen-bond donors (Lipinski definition) is 1. The Balaban J connectivity index is 1.72. The maximum atomic E-state index is 12.3. The smallest absolute Gasteiger partial charge is 0.312 e. The normalized spacial score (nSPS) is 11.2.